The number of carbonyl (C=O) groups excluding carboxylic acids is 1. The number of rotatable bonds is 3. The number of hydrogen-bond donors (Lipinski definition) is 2. The van der Waals surface area contributed by atoms with E-state index in [-0.39, 0.29) is 5.69 Å². The first-order chi connectivity index (χ1) is 8.58. The Morgan fingerprint density at radius 1 is 1.33 bits per heavy atom. The molecule has 0 aliphatic carbocycles. The predicted molar refractivity (Wildman–Crippen MR) is 66.2 cm³/mol. The van der Waals surface area contributed by atoms with Crippen LogP contribution in [0.25, 0.3) is 0 Å². The van der Waals surface area contributed by atoms with E-state index in [9.17, 15) is 13.6 Å². The van der Waals surface area contributed by atoms with Crippen molar-refractivity contribution in [3.63, 3.8) is 0 Å². The second kappa shape index (κ2) is 5.24. The van der Waals surface area contributed by atoms with Crippen molar-refractivity contribution in [2.24, 2.45) is 5.73 Å². The molecule has 2 aromatic rings. The Hall–Kier alpha value is -1.79. The molecule has 0 aliphatic heterocycles. The molecule has 0 saturated heterocycles. The van der Waals surface area contributed by atoms with Crippen LogP contribution in [0.3, 0.4) is 0 Å². The Morgan fingerprint density at radius 2 is 2.11 bits per heavy atom. The molecule has 18 heavy (non-hydrogen) atoms. The van der Waals surface area contributed by atoms with Crippen molar-refractivity contribution in [1.82, 2.24) is 0 Å². The number of halogens is 2. The summed E-state index contributed by atoms with van der Waals surface area (Å²) in [6.07, 6.45) is 0. The maximum atomic E-state index is 13.3. The molecule has 0 saturated carbocycles. The summed E-state index contributed by atoms with van der Waals surface area (Å²) in [6.45, 7) is 0. The van der Waals surface area contributed by atoms with Crippen molar-refractivity contribution in [2.45, 2.75) is 6.04 Å². The van der Waals surface area contributed by atoms with Crippen molar-refractivity contribution in [1.29, 1.82) is 0 Å². The van der Waals surface area contributed by atoms with Gasteiger partial charge in [0.05, 0.1) is 5.69 Å². The van der Waals surface area contributed by atoms with Crippen LogP contribution in [0.4, 0.5) is 14.5 Å². The van der Waals surface area contributed by atoms with Crippen LogP contribution in [-0.4, -0.2) is 5.91 Å². The molecule has 3 nitrogen and oxygen atoms in total. The van der Waals surface area contributed by atoms with Gasteiger partial charge in [-0.1, -0.05) is 6.07 Å². The van der Waals surface area contributed by atoms with Gasteiger partial charge in [-0.25, -0.2) is 8.78 Å². The van der Waals surface area contributed by atoms with Gasteiger partial charge in [-0.3, -0.25) is 4.79 Å². The molecule has 1 amide bonds. The van der Waals surface area contributed by atoms with Gasteiger partial charge in [0.15, 0.2) is 0 Å². The predicted octanol–water partition coefficient (Wildman–Crippen LogP) is 2.66. The summed E-state index contributed by atoms with van der Waals surface area (Å²) in [7, 11) is 0. The van der Waals surface area contributed by atoms with Crippen molar-refractivity contribution in [2.75, 3.05) is 5.32 Å². The molecule has 94 valence electrons. The molecule has 0 radical (unpaired) electrons. The van der Waals surface area contributed by atoms with E-state index < -0.39 is 23.6 Å². The molecule has 1 aromatic carbocycles. The van der Waals surface area contributed by atoms with Gasteiger partial charge in [0.25, 0.3) is 0 Å². The Labute approximate surface area is 106 Å². The normalized spacial score (nSPS) is 12.2. The molecule has 1 unspecified atom stereocenters. The monoisotopic (exact) mass is 268 g/mol. The quantitative estimate of drug-likeness (QED) is 0.899. The van der Waals surface area contributed by atoms with Gasteiger partial charge in [0.2, 0.25) is 5.91 Å². The van der Waals surface area contributed by atoms with E-state index in [1.54, 1.807) is 17.5 Å². The fraction of sp³-hybridized carbons (Fsp3) is 0.0833. The third kappa shape index (κ3) is 2.72. The summed E-state index contributed by atoms with van der Waals surface area (Å²) in [5, 5.41) is 4.12. The molecule has 1 aromatic heterocycles. The van der Waals surface area contributed by atoms with Crippen LogP contribution in [0.5, 0.6) is 0 Å². The molecule has 0 spiro atoms. The van der Waals surface area contributed by atoms with E-state index in [4.69, 9.17) is 5.73 Å². The summed E-state index contributed by atoms with van der Waals surface area (Å²) < 4.78 is 26.0. The number of benzene rings is 1. The van der Waals surface area contributed by atoms with Crippen LogP contribution >= 0.6 is 11.3 Å². The Morgan fingerprint density at radius 3 is 2.72 bits per heavy atom. The average Bonchev–Trinajstić information content (AvgIpc) is 2.85. The van der Waals surface area contributed by atoms with Crippen molar-refractivity contribution in [3.05, 3.63) is 52.2 Å². The third-order valence-corrected chi connectivity index (χ3v) is 3.28. The topological polar surface area (TPSA) is 55.1 Å². The Bertz CT molecular complexity index is 557. The fourth-order valence-corrected chi connectivity index (χ4v) is 2.12. The number of nitrogens with one attached hydrogen (secondary N) is 1. The first-order valence-corrected chi connectivity index (χ1v) is 6.01. The lowest BCUT2D eigenvalue weighted by Gasteiger charge is -2.11. The van der Waals surface area contributed by atoms with Crippen LogP contribution in [0.15, 0.2) is 35.7 Å². The Balaban J connectivity index is 2.12. The average molecular weight is 268 g/mol. The molecule has 1 atom stereocenters. The number of amides is 1. The molecular formula is C12H10F2N2OS. The third-order valence-electron chi connectivity index (χ3n) is 2.32. The number of hydrogen-bond acceptors (Lipinski definition) is 3. The van der Waals surface area contributed by atoms with Crippen LogP contribution in [-0.2, 0) is 4.79 Å². The van der Waals surface area contributed by atoms with Crippen LogP contribution in [0.1, 0.15) is 10.9 Å². The highest BCUT2D eigenvalue weighted by Gasteiger charge is 2.18. The zero-order valence-electron chi connectivity index (χ0n) is 9.19. The first kappa shape index (κ1) is 12.7. The second-order valence-electron chi connectivity index (χ2n) is 3.61. The lowest BCUT2D eigenvalue weighted by Crippen LogP contribution is -2.27. The van der Waals surface area contributed by atoms with Crippen molar-refractivity contribution >= 4 is 22.9 Å². The summed E-state index contributed by atoms with van der Waals surface area (Å²) in [5.41, 5.74) is 5.62. The second-order valence-corrected chi connectivity index (χ2v) is 4.59. The van der Waals surface area contributed by atoms with E-state index in [0.717, 1.165) is 12.1 Å². The summed E-state index contributed by atoms with van der Waals surface area (Å²) in [5.74, 6) is -2.07. The molecule has 0 bridgehead atoms. The van der Waals surface area contributed by atoms with Crippen LogP contribution in [0.2, 0.25) is 0 Å². The van der Waals surface area contributed by atoms with Crippen LogP contribution in [0, 0.1) is 11.6 Å². The van der Waals surface area contributed by atoms with Gasteiger partial charge in [-0.15, -0.1) is 11.3 Å². The van der Waals surface area contributed by atoms with Gasteiger partial charge in [0, 0.05) is 10.9 Å². The number of carbonyl (C=O) groups is 1. The van der Waals surface area contributed by atoms with E-state index in [1.807, 2.05) is 0 Å². The largest absolute Gasteiger partial charge is 0.322 e. The molecule has 0 fully saturated rings. The number of thiophene rings is 1. The minimum absolute atomic E-state index is 0.0894. The summed E-state index contributed by atoms with van der Waals surface area (Å²) in [4.78, 5) is 12.4. The lowest BCUT2D eigenvalue weighted by atomic mass is 10.2. The molecule has 0 aliphatic rings. The number of nitrogens with two attached hydrogens (primary N) is 1. The zero-order chi connectivity index (χ0) is 13.1. The van der Waals surface area contributed by atoms with Gasteiger partial charge in [0.1, 0.15) is 17.7 Å². The summed E-state index contributed by atoms with van der Waals surface area (Å²) in [6, 6.07) is 5.54. The van der Waals surface area contributed by atoms with E-state index >= 15 is 0 Å². The van der Waals surface area contributed by atoms with Gasteiger partial charge in [-0.05, 0) is 23.6 Å². The zero-order valence-corrected chi connectivity index (χ0v) is 10.0. The molecule has 2 rings (SSSR count). The molecule has 3 N–H and O–H groups in total. The van der Waals surface area contributed by atoms with E-state index in [2.05, 4.69) is 5.32 Å². The van der Waals surface area contributed by atoms with Gasteiger partial charge in [-0.2, -0.15) is 0 Å². The molecule has 6 heteroatoms. The number of anilines is 1. The van der Waals surface area contributed by atoms with Gasteiger partial charge >= 0.3 is 0 Å². The highest BCUT2D eigenvalue weighted by atomic mass is 32.1. The Kier molecular flexibility index (Phi) is 3.69. The highest BCUT2D eigenvalue weighted by molar-refractivity contribution is 7.10. The maximum absolute atomic E-state index is 13.3. The van der Waals surface area contributed by atoms with Crippen molar-refractivity contribution in [3.8, 4) is 0 Å². The van der Waals surface area contributed by atoms with E-state index in [1.165, 1.54) is 11.3 Å². The summed E-state index contributed by atoms with van der Waals surface area (Å²) >= 11 is 1.34. The first-order valence-electron chi connectivity index (χ1n) is 5.13. The standard InChI is InChI=1S/C12H10F2N2OS/c13-7-3-4-9(8(14)6-7)16-12(17)11(15)10-2-1-5-18-10/h1-6,11H,15H2,(H,16,17). The van der Waals surface area contributed by atoms with Gasteiger partial charge < -0.3 is 11.1 Å². The fourth-order valence-electron chi connectivity index (χ4n) is 1.40. The van der Waals surface area contributed by atoms with Crippen molar-refractivity contribution < 1.29 is 13.6 Å². The minimum Gasteiger partial charge on any atom is -0.322 e. The lowest BCUT2D eigenvalue weighted by molar-refractivity contribution is -0.117. The maximum Gasteiger partial charge on any atom is 0.246 e. The molecule has 1 heterocycles. The molecular weight excluding hydrogens is 258 g/mol. The van der Waals surface area contributed by atoms with Crippen LogP contribution < -0.4 is 11.1 Å². The minimum atomic E-state index is -0.866. The highest BCUT2D eigenvalue weighted by Crippen LogP contribution is 2.20. The smallest absolute Gasteiger partial charge is 0.246 e. The van der Waals surface area contributed by atoms with E-state index in [0.29, 0.717) is 10.9 Å². The SMILES string of the molecule is NC(C(=O)Nc1ccc(F)cc1F)c1cccs1.